The smallest absolute Gasteiger partial charge is 0.435 e. The van der Waals surface area contributed by atoms with Crippen LogP contribution >= 0.6 is 0 Å². The summed E-state index contributed by atoms with van der Waals surface area (Å²) in [7, 11) is 0. The fraction of sp³-hybridized carbons (Fsp3) is 0.333. The highest BCUT2D eigenvalue weighted by Crippen LogP contribution is 2.54. The van der Waals surface area contributed by atoms with Crippen molar-refractivity contribution in [1.29, 1.82) is 0 Å². The molecule has 0 bridgehead atoms. The topological polar surface area (TPSA) is 74.6 Å². The molecular formula is C18H13F7O4. The molecular weight excluding hydrogens is 413 g/mol. The van der Waals surface area contributed by atoms with E-state index in [4.69, 9.17) is 0 Å². The van der Waals surface area contributed by atoms with Crippen LogP contribution in [-0.2, 0) is 20.7 Å². The lowest BCUT2D eigenvalue weighted by Crippen LogP contribution is -2.50. The largest absolute Gasteiger partial charge is 0.481 e. The van der Waals surface area contributed by atoms with E-state index in [1.165, 1.54) is 12.2 Å². The van der Waals surface area contributed by atoms with Gasteiger partial charge in [-0.05, 0) is 18.1 Å². The standard InChI is InChI=1S/C18H13F7O4/c1-9-8-10(16(19,17(20,21)22)18(23,24)25)5-6-11(9)15(14(28)29)7-3-2-4-12(15)13(26)27/h2-8,12H,1H3,(H,26,27)(H,28,29). The lowest BCUT2D eigenvalue weighted by molar-refractivity contribution is -0.348. The van der Waals surface area contributed by atoms with E-state index in [0.717, 1.165) is 19.1 Å². The Bertz CT molecular complexity index is 884. The summed E-state index contributed by atoms with van der Waals surface area (Å²) in [6, 6.07) is 0.967. The molecule has 2 unspecified atom stereocenters. The highest BCUT2D eigenvalue weighted by atomic mass is 19.4. The molecule has 1 aliphatic rings. The summed E-state index contributed by atoms with van der Waals surface area (Å²) >= 11 is 0. The molecule has 1 aromatic rings. The molecule has 0 spiro atoms. The summed E-state index contributed by atoms with van der Waals surface area (Å²) < 4.78 is 92.0. The molecule has 0 saturated carbocycles. The fourth-order valence-corrected chi connectivity index (χ4v) is 3.32. The van der Waals surface area contributed by atoms with Crippen LogP contribution < -0.4 is 0 Å². The molecule has 2 rings (SSSR count). The van der Waals surface area contributed by atoms with Crippen LogP contribution in [0.4, 0.5) is 30.7 Å². The first-order valence-corrected chi connectivity index (χ1v) is 7.87. The molecule has 158 valence electrons. The first kappa shape index (κ1) is 22.4. The molecule has 29 heavy (non-hydrogen) atoms. The third-order valence-electron chi connectivity index (χ3n) is 4.74. The molecule has 0 amide bonds. The van der Waals surface area contributed by atoms with Crippen molar-refractivity contribution in [2.45, 2.75) is 30.4 Å². The average molecular weight is 426 g/mol. The van der Waals surface area contributed by atoms with Crippen molar-refractivity contribution in [3.63, 3.8) is 0 Å². The number of rotatable bonds is 4. The Hall–Kier alpha value is -2.85. The van der Waals surface area contributed by atoms with E-state index in [0.29, 0.717) is 6.07 Å². The second-order valence-electron chi connectivity index (χ2n) is 6.42. The molecule has 0 aliphatic heterocycles. The van der Waals surface area contributed by atoms with Crippen molar-refractivity contribution in [1.82, 2.24) is 0 Å². The second kappa shape index (κ2) is 6.89. The number of carboxylic acid groups (broad SMARTS) is 2. The van der Waals surface area contributed by atoms with Gasteiger partial charge in [0.05, 0.1) is 5.92 Å². The molecule has 0 heterocycles. The SMILES string of the molecule is Cc1cc(C(F)(C(F)(F)F)C(F)(F)F)ccc1C1(C(=O)O)C=CC=CC1C(=O)O. The maximum absolute atomic E-state index is 14.3. The number of hydrogen-bond acceptors (Lipinski definition) is 2. The zero-order valence-corrected chi connectivity index (χ0v) is 14.5. The highest BCUT2D eigenvalue weighted by molar-refractivity contribution is 5.93. The fourth-order valence-electron chi connectivity index (χ4n) is 3.32. The van der Waals surface area contributed by atoms with Gasteiger partial charge in [0.1, 0.15) is 5.41 Å². The summed E-state index contributed by atoms with van der Waals surface area (Å²) in [5, 5.41) is 19.1. The van der Waals surface area contributed by atoms with Crippen molar-refractivity contribution in [2.24, 2.45) is 5.92 Å². The Morgan fingerprint density at radius 2 is 1.52 bits per heavy atom. The summed E-state index contributed by atoms with van der Waals surface area (Å²) in [4.78, 5) is 23.5. The Morgan fingerprint density at radius 1 is 0.966 bits per heavy atom. The number of carbonyl (C=O) groups is 2. The molecule has 2 N–H and O–H groups in total. The van der Waals surface area contributed by atoms with E-state index in [1.54, 1.807) is 0 Å². The summed E-state index contributed by atoms with van der Waals surface area (Å²) in [5.41, 5.74) is -10.6. The molecule has 0 saturated heterocycles. The Morgan fingerprint density at radius 3 is 1.93 bits per heavy atom. The van der Waals surface area contributed by atoms with Crippen LogP contribution in [0.3, 0.4) is 0 Å². The minimum absolute atomic E-state index is 0.166. The molecule has 2 atom stereocenters. The second-order valence-corrected chi connectivity index (χ2v) is 6.42. The monoisotopic (exact) mass is 426 g/mol. The van der Waals surface area contributed by atoms with Crippen molar-refractivity contribution < 1.29 is 50.5 Å². The van der Waals surface area contributed by atoms with Gasteiger partial charge in [0, 0.05) is 5.56 Å². The molecule has 11 heteroatoms. The van der Waals surface area contributed by atoms with E-state index in [9.17, 15) is 50.5 Å². The van der Waals surface area contributed by atoms with Gasteiger partial charge in [-0.25, -0.2) is 4.39 Å². The van der Waals surface area contributed by atoms with Crippen LogP contribution in [-0.4, -0.2) is 34.5 Å². The lowest BCUT2D eigenvalue weighted by Gasteiger charge is -2.35. The van der Waals surface area contributed by atoms with Crippen molar-refractivity contribution in [3.8, 4) is 0 Å². The molecule has 0 radical (unpaired) electrons. The first-order chi connectivity index (χ1) is 13.1. The van der Waals surface area contributed by atoms with Gasteiger partial charge in [0.25, 0.3) is 0 Å². The number of allylic oxidation sites excluding steroid dienone is 2. The molecule has 4 nitrogen and oxygen atoms in total. The van der Waals surface area contributed by atoms with Crippen molar-refractivity contribution in [3.05, 3.63) is 59.2 Å². The van der Waals surface area contributed by atoms with Crippen molar-refractivity contribution >= 4 is 11.9 Å². The van der Waals surface area contributed by atoms with Gasteiger partial charge in [-0.2, -0.15) is 26.3 Å². The normalized spacial score (nSPS) is 22.6. The molecule has 0 fully saturated rings. The predicted octanol–water partition coefficient (Wildman–Crippen LogP) is 4.43. The summed E-state index contributed by atoms with van der Waals surface area (Å²) in [6.07, 6.45) is -8.25. The van der Waals surface area contributed by atoms with Crippen LogP contribution in [0.25, 0.3) is 0 Å². The van der Waals surface area contributed by atoms with E-state index in [2.05, 4.69) is 0 Å². The van der Waals surface area contributed by atoms with Gasteiger partial charge < -0.3 is 10.2 Å². The van der Waals surface area contributed by atoms with Gasteiger partial charge in [-0.3, -0.25) is 9.59 Å². The number of aryl methyl sites for hydroxylation is 1. The van der Waals surface area contributed by atoms with Crippen LogP contribution in [0.15, 0.2) is 42.5 Å². The third kappa shape index (κ3) is 3.28. The van der Waals surface area contributed by atoms with E-state index < -0.39 is 52.4 Å². The first-order valence-electron chi connectivity index (χ1n) is 7.87. The zero-order chi connectivity index (χ0) is 22.4. The maximum atomic E-state index is 14.3. The van der Waals surface area contributed by atoms with Crippen molar-refractivity contribution in [2.75, 3.05) is 0 Å². The lowest BCUT2D eigenvalue weighted by atomic mass is 9.66. The third-order valence-corrected chi connectivity index (χ3v) is 4.74. The van der Waals surface area contributed by atoms with Gasteiger partial charge >= 0.3 is 30.0 Å². The minimum Gasteiger partial charge on any atom is -0.481 e. The van der Waals surface area contributed by atoms with Crippen LogP contribution in [0.5, 0.6) is 0 Å². The highest BCUT2D eigenvalue weighted by Gasteiger charge is 2.73. The Balaban J connectivity index is 2.76. The van der Waals surface area contributed by atoms with Crippen LogP contribution in [0, 0.1) is 12.8 Å². The molecule has 1 aliphatic carbocycles. The van der Waals surface area contributed by atoms with Gasteiger partial charge in [0.15, 0.2) is 0 Å². The number of benzene rings is 1. The number of hydrogen-bond donors (Lipinski definition) is 2. The number of alkyl halides is 7. The van der Waals surface area contributed by atoms with Gasteiger partial charge in [-0.1, -0.05) is 42.5 Å². The summed E-state index contributed by atoms with van der Waals surface area (Å²) in [6.45, 7) is 0.974. The Labute approximate surface area is 158 Å². The average Bonchev–Trinajstić information content (AvgIpc) is 2.58. The number of halogens is 7. The van der Waals surface area contributed by atoms with Crippen LogP contribution in [0.1, 0.15) is 16.7 Å². The number of carboxylic acids is 2. The van der Waals surface area contributed by atoms with E-state index >= 15 is 0 Å². The maximum Gasteiger partial charge on any atom is 0.435 e. The van der Waals surface area contributed by atoms with E-state index in [1.807, 2.05) is 0 Å². The quantitative estimate of drug-likeness (QED) is 0.699. The van der Waals surface area contributed by atoms with E-state index in [-0.39, 0.29) is 17.7 Å². The minimum atomic E-state index is -6.33. The zero-order valence-electron chi connectivity index (χ0n) is 14.5. The Kier molecular flexibility index (Phi) is 5.33. The molecule has 1 aromatic carbocycles. The molecule has 0 aromatic heterocycles. The number of aliphatic carboxylic acids is 2. The van der Waals surface area contributed by atoms with Gasteiger partial charge in [-0.15, -0.1) is 0 Å². The predicted molar refractivity (Wildman–Crippen MR) is 84.8 cm³/mol. The van der Waals surface area contributed by atoms with Crippen LogP contribution in [0.2, 0.25) is 0 Å². The van der Waals surface area contributed by atoms with Gasteiger partial charge in [0.2, 0.25) is 0 Å². The summed E-state index contributed by atoms with van der Waals surface area (Å²) in [5.74, 6) is -4.98.